The molecule has 5 atom stereocenters. The number of nitrogens with one attached hydrogen (secondary N) is 1. The van der Waals surface area contributed by atoms with E-state index in [1.165, 1.54) is 18.4 Å². The monoisotopic (exact) mass is 385 g/mol. The van der Waals surface area contributed by atoms with Crippen molar-refractivity contribution in [1.82, 2.24) is 5.32 Å². The minimum Gasteiger partial charge on any atom is -0.486 e. The topological polar surface area (TPSA) is 56.8 Å². The van der Waals surface area contributed by atoms with E-state index in [-0.39, 0.29) is 28.9 Å². The van der Waals surface area contributed by atoms with Gasteiger partial charge in [-0.15, -0.1) is 0 Å². The molecule has 1 saturated heterocycles. The lowest BCUT2D eigenvalue weighted by molar-refractivity contribution is -0.137. The summed E-state index contributed by atoms with van der Waals surface area (Å²) in [5, 5.41) is 3.42. The first kappa shape index (κ1) is 18.3. The smallest absolute Gasteiger partial charge is 0.219 e. The molecule has 5 heteroatoms. The maximum Gasteiger partial charge on any atom is 0.219 e. The van der Waals surface area contributed by atoms with E-state index in [0.717, 1.165) is 24.5 Å². The van der Waals surface area contributed by atoms with Crippen LogP contribution in [0.5, 0.6) is 11.5 Å². The number of amides is 1. The Morgan fingerprint density at radius 3 is 2.75 bits per heavy atom. The second-order valence-corrected chi connectivity index (χ2v) is 9.60. The molecule has 28 heavy (non-hydrogen) atoms. The van der Waals surface area contributed by atoms with Gasteiger partial charge in [-0.3, -0.25) is 4.79 Å². The highest BCUT2D eigenvalue weighted by Crippen LogP contribution is 2.70. The Labute approximate surface area is 167 Å². The summed E-state index contributed by atoms with van der Waals surface area (Å²) >= 11 is 0. The molecule has 2 saturated carbocycles. The number of carbonyl (C=O) groups is 1. The molecule has 2 bridgehead atoms. The van der Waals surface area contributed by atoms with Crippen LogP contribution in [0.3, 0.4) is 0 Å². The Balaban J connectivity index is 1.49. The highest BCUT2D eigenvalue weighted by Gasteiger charge is 2.68. The molecule has 4 aliphatic rings. The van der Waals surface area contributed by atoms with E-state index in [9.17, 15) is 4.79 Å². The maximum atomic E-state index is 12.3. The second-order valence-electron chi connectivity index (χ2n) is 9.60. The molecule has 5 rings (SSSR count). The van der Waals surface area contributed by atoms with Crippen molar-refractivity contribution < 1.29 is 19.0 Å². The van der Waals surface area contributed by atoms with Crippen LogP contribution in [0.15, 0.2) is 18.2 Å². The minimum atomic E-state index is 0.0618. The molecular weight excluding hydrogens is 354 g/mol. The molecule has 1 spiro atoms. The third kappa shape index (κ3) is 2.51. The van der Waals surface area contributed by atoms with Crippen LogP contribution in [0, 0.1) is 22.7 Å². The Kier molecular flexibility index (Phi) is 4.17. The first-order chi connectivity index (χ1) is 13.5. The molecule has 1 amide bonds. The van der Waals surface area contributed by atoms with Gasteiger partial charge < -0.3 is 19.5 Å². The molecule has 2 aliphatic heterocycles. The Hall–Kier alpha value is -1.75. The zero-order valence-corrected chi connectivity index (χ0v) is 17.1. The lowest BCUT2D eigenvalue weighted by Gasteiger charge is -2.53. The molecule has 1 N–H and O–H groups in total. The van der Waals surface area contributed by atoms with Crippen molar-refractivity contribution in [3.8, 4) is 11.5 Å². The number of carbonyl (C=O) groups excluding carboxylic acids is 1. The first-order valence-electron chi connectivity index (χ1n) is 10.8. The zero-order valence-electron chi connectivity index (χ0n) is 17.1. The zero-order chi connectivity index (χ0) is 19.5. The van der Waals surface area contributed by atoms with Crippen molar-refractivity contribution in [1.29, 1.82) is 0 Å². The van der Waals surface area contributed by atoms with Gasteiger partial charge in [-0.1, -0.05) is 26.8 Å². The summed E-state index contributed by atoms with van der Waals surface area (Å²) < 4.78 is 17.9. The lowest BCUT2D eigenvalue weighted by atomic mass is 9.59. The summed E-state index contributed by atoms with van der Waals surface area (Å²) in [4.78, 5) is 12.3. The Morgan fingerprint density at radius 2 is 1.96 bits per heavy atom. The van der Waals surface area contributed by atoms with Crippen LogP contribution in [0.2, 0.25) is 0 Å². The van der Waals surface area contributed by atoms with E-state index in [0.29, 0.717) is 31.5 Å². The van der Waals surface area contributed by atoms with Crippen LogP contribution in [0.25, 0.3) is 0 Å². The number of hydrogen-bond acceptors (Lipinski definition) is 4. The number of rotatable bonds is 3. The van der Waals surface area contributed by atoms with E-state index >= 15 is 0 Å². The third-order valence-electron chi connectivity index (χ3n) is 8.03. The van der Waals surface area contributed by atoms with E-state index in [2.05, 4.69) is 31.3 Å². The van der Waals surface area contributed by atoms with Gasteiger partial charge in [-0.25, -0.2) is 0 Å². The van der Waals surface area contributed by atoms with Crippen LogP contribution in [0.1, 0.15) is 58.1 Å². The van der Waals surface area contributed by atoms with Gasteiger partial charge in [-0.2, -0.15) is 0 Å². The lowest BCUT2D eigenvalue weighted by Crippen LogP contribution is -2.58. The molecule has 5 nitrogen and oxygen atoms in total. The summed E-state index contributed by atoms with van der Waals surface area (Å²) in [7, 11) is 0. The molecule has 0 radical (unpaired) electrons. The van der Waals surface area contributed by atoms with E-state index in [1.54, 1.807) is 0 Å². The SMILES string of the molecule is CCC(=O)N[C@H]1C(C)(C)[C@@H]2C[C@@H]3[C@@H](c4ccc5c(c4)OCCO5)OCCC31C2. The fourth-order valence-corrected chi connectivity index (χ4v) is 6.62. The predicted molar refractivity (Wildman–Crippen MR) is 105 cm³/mol. The third-order valence-corrected chi connectivity index (χ3v) is 8.03. The Bertz CT molecular complexity index is 791. The summed E-state index contributed by atoms with van der Waals surface area (Å²) in [5.41, 5.74) is 1.45. The van der Waals surface area contributed by atoms with Gasteiger partial charge in [0.1, 0.15) is 13.2 Å². The van der Waals surface area contributed by atoms with Gasteiger partial charge in [0, 0.05) is 19.1 Å². The van der Waals surface area contributed by atoms with Crippen molar-refractivity contribution in [3.63, 3.8) is 0 Å². The van der Waals surface area contributed by atoms with Gasteiger partial charge in [0.2, 0.25) is 5.91 Å². The van der Waals surface area contributed by atoms with Crippen molar-refractivity contribution in [2.45, 2.75) is 58.6 Å². The highest BCUT2D eigenvalue weighted by atomic mass is 16.6. The van der Waals surface area contributed by atoms with Crippen LogP contribution in [0.4, 0.5) is 0 Å². The van der Waals surface area contributed by atoms with Crippen LogP contribution >= 0.6 is 0 Å². The van der Waals surface area contributed by atoms with Crippen molar-refractivity contribution in [2.24, 2.45) is 22.7 Å². The second kappa shape index (κ2) is 6.38. The normalized spacial score (nSPS) is 37.4. The van der Waals surface area contributed by atoms with Gasteiger partial charge in [0.25, 0.3) is 0 Å². The summed E-state index contributed by atoms with van der Waals surface area (Å²) in [6.45, 7) is 8.57. The van der Waals surface area contributed by atoms with Crippen LogP contribution in [-0.4, -0.2) is 31.8 Å². The van der Waals surface area contributed by atoms with Crippen molar-refractivity contribution in [2.75, 3.05) is 19.8 Å². The van der Waals surface area contributed by atoms with Gasteiger partial charge >= 0.3 is 0 Å². The molecular formula is C23H31NO4. The fourth-order valence-electron chi connectivity index (χ4n) is 6.62. The van der Waals surface area contributed by atoms with Gasteiger partial charge in [-0.05, 0) is 59.6 Å². The van der Waals surface area contributed by atoms with Crippen molar-refractivity contribution in [3.05, 3.63) is 23.8 Å². The van der Waals surface area contributed by atoms with E-state index in [1.807, 2.05) is 13.0 Å². The molecule has 2 heterocycles. The molecule has 1 aromatic rings. The summed E-state index contributed by atoms with van der Waals surface area (Å²) in [6.07, 6.45) is 4.01. The van der Waals surface area contributed by atoms with Gasteiger partial charge in [0.15, 0.2) is 11.5 Å². The molecule has 3 fully saturated rings. The number of fused-ring (bicyclic) bond motifs is 2. The fraction of sp³-hybridized carbons (Fsp3) is 0.696. The first-order valence-corrected chi connectivity index (χ1v) is 10.8. The minimum absolute atomic E-state index is 0.0618. The number of ether oxygens (including phenoxy) is 3. The highest BCUT2D eigenvalue weighted by molar-refractivity contribution is 5.76. The average Bonchev–Trinajstić information content (AvgIpc) is 3.20. The van der Waals surface area contributed by atoms with Crippen LogP contribution in [-0.2, 0) is 9.53 Å². The molecule has 152 valence electrons. The molecule has 1 unspecified atom stereocenters. The molecule has 0 aromatic heterocycles. The van der Waals surface area contributed by atoms with Crippen molar-refractivity contribution >= 4 is 5.91 Å². The Morgan fingerprint density at radius 1 is 1.18 bits per heavy atom. The van der Waals surface area contributed by atoms with E-state index < -0.39 is 0 Å². The van der Waals surface area contributed by atoms with Crippen LogP contribution < -0.4 is 14.8 Å². The summed E-state index contributed by atoms with van der Waals surface area (Å²) in [5.74, 6) is 2.88. The number of hydrogen-bond donors (Lipinski definition) is 1. The average molecular weight is 386 g/mol. The quantitative estimate of drug-likeness (QED) is 0.858. The predicted octanol–water partition coefficient (Wildman–Crippen LogP) is 3.87. The summed E-state index contributed by atoms with van der Waals surface area (Å²) in [6, 6.07) is 6.48. The molecule has 1 aromatic carbocycles. The largest absolute Gasteiger partial charge is 0.486 e. The standard InChI is InChI=1S/C23H31NO4/c1-4-19(25)24-21-22(2,3)15-12-16-20(28-8-7-23(16,21)13-15)14-5-6-17-18(11-14)27-10-9-26-17/h5-6,11,15-16,20-21H,4,7-10,12-13H2,1-3H3,(H,24,25)/t15-,16-,20-,21+,23?/m1/s1. The molecule has 2 aliphatic carbocycles. The number of benzene rings is 1. The maximum absolute atomic E-state index is 12.3. The van der Waals surface area contributed by atoms with E-state index in [4.69, 9.17) is 14.2 Å². The van der Waals surface area contributed by atoms with Gasteiger partial charge in [0.05, 0.1) is 6.10 Å².